The Morgan fingerprint density at radius 1 is 1.11 bits per heavy atom. The summed E-state index contributed by atoms with van der Waals surface area (Å²) in [7, 11) is 0. The largest absolute Gasteiger partial charge is 0.507 e. The summed E-state index contributed by atoms with van der Waals surface area (Å²) in [6.07, 6.45) is 0. The van der Waals surface area contributed by atoms with Gasteiger partial charge in [-0.1, -0.05) is 15.9 Å². The van der Waals surface area contributed by atoms with Gasteiger partial charge in [0.2, 0.25) is 0 Å². The molecule has 1 heterocycles. The molecule has 0 fully saturated rings. The SMILES string of the molecule is Cc1cc2nc(-c3ccc(Br)cc3O)[nH]c2cc1C. The Bertz CT molecular complexity index is 738. The fourth-order valence-electron chi connectivity index (χ4n) is 2.10. The lowest BCUT2D eigenvalue weighted by atomic mass is 10.1. The molecule has 0 atom stereocenters. The zero-order valence-corrected chi connectivity index (χ0v) is 12.2. The number of halogens is 1. The number of fused-ring (bicyclic) bond motifs is 1. The highest BCUT2D eigenvalue weighted by molar-refractivity contribution is 9.10. The lowest BCUT2D eigenvalue weighted by Crippen LogP contribution is -1.81. The first-order valence-electron chi connectivity index (χ1n) is 6.00. The normalized spacial score (nSPS) is 11.1. The molecule has 0 spiro atoms. The zero-order valence-electron chi connectivity index (χ0n) is 10.7. The first kappa shape index (κ1) is 12.2. The number of nitrogens with one attached hydrogen (secondary N) is 1. The summed E-state index contributed by atoms with van der Waals surface area (Å²) in [6, 6.07) is 9.53. The number of benzene rings is 2. The van der Waals surface area contributed by atoms with Crippen LogP contribution in [0.2, 0.25) is 0 Å². The molecule has 0 saturated carbocycles. The van der Waals surface area contributed by atoms with E-state index in [2.05, 4.69) is 51.9 Å². The van der Waals surface area contributed by atoms with Crippen LogP contribution in [0.15, 0.2) is 34.8 Å². The molecule has 2 aromatic carbocycles. The van der Waals surface area contributed by atoms with Crippen LogP contribution in [-0.2, 0) is 0 Å². The Morgan fingerprint density at radius 2 is 1.84 bits per heavy atom. The van der Waals surface area contributed by atoms with Crippen LogP contribution in [-0.4, -0.2) is 15.1 Å². The molecule has 96 valence electrons. The molecular weight excluding hydrogens is 304 g/mol. The monoisotopic (exact) mass is 316 g/mol. The summed E-state index contributed by atoms with van der Waals surface area (Å²) in [6.45, 7) is 4.15. The number of aryl methyl sites for hydroxylation is 2. The third kappa shape index (κ3) is 2.12. The van der Waals surface area contributed by atoms with E-state index in [4.69, 9.17) is 0 Å². The van der Waals surface area contributed by atoms with E-state index in [-0.39, 0.29) is 5.75 Å². The second-order valence-electron chi connectivity index (χ2n) is 4.70. The lowest BCUT2D eigenvalue weighted by molar-refractivity contribution is 0.476. The molecule has 1 aromatic heterocycles. The fourth-order valence-corrected chi connectivity index (χ4v) is 2.45. The van der Waals surface area contributed by atoms with Crippen molar-refractivity contribution in [3.8, 4) is 17.1 Å². The Labute approximate surface area is 119 Å². The van der Waals surface area contributed by atoms with Crippen molar-refractivity contribution in [1.29, 1.82) is 0 Å². The van der Waals surface area contributed by atoms with E-state index in [1.165, 1.54) is 11.1 Å². The van der Waals surface area contributed by atoms with Gasteiger partial charge in [-0.05, 0) is 55.3 Å². The second kappa shape index (κ2) is 4.38. The number of aromatic amines is 1. The molecule has 0 aliphatic rings. The quantitative estimate of drug-likeness (QED) is 0.702. The van der Waals surface area contributed by atoms with Crippen LogP contribution in [0.5, 0.6) is 5.75 Å². The number of H-pyrrole nitrogens is 1. The van der Waals surface area contributed by atoms with Gasteiger partial charge in [0.05, 0.1) is 16.6 Å². The molecule has 2 N–H and O–H groups in total. The number of nitrogens with zero attached hydrogens (tertiary/aromatic N) is 1. The van der Waals surface area contributed by atoms with Crippen LogP contribution >= 0.6 is 15.9 Å². The van der Waals surface area contributed by atoms with E-state index >= 15 is 0 Å². The number of hydrogen-bond donors (Lipinski definition) is 2. The topological polar surface area (TPSA) is 48.9 Å². The van der Waals surface area contributed by atoms with E-state index in [0.717, 1.165) is 15.5 Å². The number of hydrogen-bond acceptors (Lipinski definition) is 2. The first-order valence-corrected chi connectivity index (χ1v) is 6.80. The Morgan fingerprint density at radius 3 is 2.58 bits per heavy atom. The predicted octanol–water partition coefficient (Wildman–Crippen LogP) is 4.31. The summed E-state index contributed by atoms with van der Waals surface area (Å²) in [5, 5.41) is 9.99. The molecule has 0 amide bonds. The summed E-state index contributed by atoms with van der Waals surface area (Å²) < 4.78 is 0.844. The molecule has 0 saturated heterocycles. The minimum atomic E-state index is 0.210. The fraction of sp³-hybridized carbons (Fsp3) is 0.133. The maximum absolute atomic E-state index is 9.99. The highest BCUT2D eigenvalue weighted by atomic mass is 79.9. The van der Waals surface area contributed by atoms with Crippen molar-refractivity contribution in [2.45, 2.75) is 13.8 Å². The van der Waals surface area contributed by atoms with Crippen molar-refractivity contribution in [3.05, 3.63) is 45.9 Å². The molecule has 0 aliphatic heterocycles. The summed E-state index contributed by atoms with van der Waals surface area (Å²) in [5.74, 6) is 0.895. The third-order valence-corrected chi connectivity index (χ3v) is 3.81. The molecule has 0 aliphatic carbocycles. The van der Waals surface area contributed by atoms with Gasteiger partial charge >= 0.3 is 0 Å². The van der Waals surface area contributed by atoms with Gasteiger partial charge in [0.1, 0.15) is 11.6 Å². The van der Waals surface area contributed by atoms with Gasteiger partial charge in [-0.3, -0.25) is 0 Å². The smallest absolute Gasteiger partial charge is 0.142 e. The summed E-state index contributed by atoms with van der Waals surface area (Å²) in [5.41, 5.74) is 5.05. The van der Waals surface area contributed by atoms with Gasteiger partial charge in [-0.25, -0.2) is 4.98 Å². The van der Waals surface area contributed by atoms with Crippen LogP contribution in [0.25, 0.3) is 22.4 Å². The number of rotatable bonds is 1. The highest BCUT2D eigenvalue weighted by Gasteiger charge is 2.10. The summed E-state index contributed by atoms with van der Waals surface area (Å²) in [4.78, 5) is 7.80. The first-order chi connectivity index (χ1) is 9.04. The van der Waals surface area contributed by atoms with E-state index < -0.39 is 0 Å². The Balaban J connectivity index is 2.20. The average Bonchev–Trinajstić information content (AvgIpc) is 2.72. The van der Waals surface area contributed by atoms with E-state index in [1.807, 2.05) is 12.1 Å². The molecule has 3 nitrogen and oxygen atoms in total. The van der Waals surface area contributed by atoms with E-state index in [9.17, 15) is 5.11 Å². The number of imidazole rings is 1. The van der Waals surface area contributed by atoms with Gasteiger partial charge in [0.15, 0.2) is 0 Å². The van der Waals surface area contributed by atoms with Crippen LogP contribution in [0, 0.1) is 13.8 Å². The van der Waals surface area contributed by atoms with Crippen molar-refractivity contribution in [1.82, 2.24) is 9.97 Å². The highest BCUT2D eigenvalue weighted by Crippen LogP contribution is 2.31. The number of aromatic hydroxyl groups is 1. The minimum Gasteiger partial charge on any atom is -0.507 e. The van der Waals surface area contributed by atoms with Crippen molar-refractivity contribution in [3.63, 3.8) is 0 Å². The Hall–Kier alpha value is -1.81. The van der Waals surface area contributed by atoms with Gasteiger partial charge in [0, 0.05) is 4.47 Å². The van der Waals surface area contributed by atoms with Gasteiger partial charge in [0.25, 0.3) is 0 Å². The van der Waals surface area contributed by atoms with Gasteiger partial charge in [-0.15, -0.1) is 0 Å². The van der Waals surface area contributed by atoms with Crippen LogP contribution in [0.4, 0.5) is 0 Å². The Kier molecular flexibility index (Phi) is 2.82. The standard InChI is InChI=1S/C15H13BrN2O/c1-8-5-12-13(6-9(8)2)18-15(17-12)11-4-3-10(16)7-14(11)19/h3-7,19H,1-2H3,(H,17,18). The van der Waals surface area contributed by atoms with Crippen molar-refractivity contribution in [2.75, 3.05) is 0 Å². The molecule has 0 bridgehead atoms. The van der Waals surface area contributed by atoms with E-state index in [1.54, 1.807) is 6.07 Å². The van der Waals surface area contributed by atoms with Crippen molar-refractivity contribution >= 4 is 27.0 Å². The van der Waals surface area contributed by atoms with Crippen molar-refractivity contribution in [2.24, 2.45) is 0 Å². The van der Waals surface area contributed by atoms with Gasteiger partial charge in [-0.2, -0.15) is 0 Å². The number of phenols is 1. The minimum absolute atomic E-state index is 0.210. The molecule has 0 unspecified atom stereocenters. The molecule has 3 rings (SSSR count). The molecule has 3 aromatic rings. The second-order valence-corrected chi connectivity index (χ2v) is 5.62. The maximum atomic E-state index is 9.99. The lowest BCUT2D eigenvalue weighted by Gasteiger charge is -2.00. The third-order valence-electron chi connectivity index (χ3n) is 3.31. The van der Waals surface area contributed by atoms with Crippen LogP contribution in [0.1, 0.15) is 11.1 Å². The molecule has 4 heteroatoms. The number of phenolic OH excluding ortho intramolecular Hbond substituents is 1. The van der Waals surface area contributed by atoms with E-state index in [0.29, 0.717) is 11.4 Å². The average molecular weight is 317 g/mol. The molecule has 0 radical (unpaired) electrons. The van der Waals surface area contributed by atoms with Crippen molar-refractivity contribution < 1.29 is 5.11 Å². The van der Waals surface area contributed by atoms with Gasteiger partial charge < -0.3 is 10.1 Å². The maximum Gasteiger partial charge on any atom is 0.142 e. The summed E-state index contributed by atoms with van der Waals surface area (Å²) >= 11 is 3.33. The zero-order chi connectivity index (χ0) is 13.6. The molecular formula is C15H13BrN2O. The van der Waals surface area contributed by atoms with Crippen LogP contribution < -0.4 is 0 Å². The van der Waals surface area contributed by atoms with Crippen LogP contribution in [0.3, 0.4) is 0 Å². The molecule has 19 heavy (non-hydrogen) atoms. The number of aromatic nitrogens is 2. The predicted molar refractivity (Wildman–Crippen MR) is 80.4 cm³/mol.